The van der Waals surface area contributed by atoms with Crippen LogP contribution in [-0.4, -0.2) is 12.1 Å². The SMILES string of the molecule is C=C(C)CCc1oc2ccc(-c3ccc(OC)nc3)cc2c1-c1ccc(C)o1. The summed E-state index contributed by atoms with van der Waals surface area (Å²) in [4.78, 5) is 4.32. The van der Waals surface area contributed by atoms with Crippen molar-refractivity contribution < 1.29 is 13.6 Å². The van der Waals surface area contributed by atoms with E-state index in [1.807, 2.05) is 50.4 Å². The van der Waals surface area contributed by atoms with E-state index in [9.17, 15) is 0 Å². The van der Waals surface area contributed by atoms with Gasteiger partial charge in [0.05, 0.1) is 12.7 Å². The number of methoxy groups -OCH3 is 1. The standard InChI is InChI=1S/C24H23NO3/c1-15(2)5-9-22-24(21-10-6-16(3)27-21)19-13-17(7-11-20(19)28-22)18-8-12-23(26-4)25-14-18/h6-8,10-14H,1,5,9H2,2-4H3. The molecule has 142 valence electrons. The fraction of sp³-hybridized carbons (Fsp3) is 0.208. The first-order valence-corrected chi connectivity index (χ1v) is 9.32. The molecule has 4 nitrogen and oxygen atoms in total. The molecule has 0 fully saturated rings. The van der Waals surface area contributed by atoms with E-state index in [-0.39, 0.29) is 0 Å². The third kappa shape index (κ3) is 3.46. The lowest BCUT2D eigenvalue weighted by atomic mass is 10.0. The molecule has 3 aromatic heterocycles. The van der Waals surface area contributed by atoms with Gasteiger partial charge >= 0.3 is 0 Å². The molecule has 3 heterocycles. The highest BCUT2D eigenvalue weighted by Crippen LogP contribution is 2.38. The summed E-state index contributed by atoms with van der Waals surface area (Å²) in [6, 6.07) is 14.1. The lowest BCUT2D eigenvalue weighted by molar-refractivity contribution is 0.398. The van der Waals surface area contributed by atoms with Gasteiger partial charge in [-0.15, -0.1) is 6.58 Å². The molecule has 1 aromatic carbocycles. The molecule has 0 amide bonds. The fourth-order valence-corrected chi connectivity index (χ4v) is 3.34. The third-order valence-electron chi connectivity index (χ3n) is 4.81. The second kappa shape index (κ2) is 7.39. The van der Waals surface area contributed by atoms with Crippen LogP contribution in [-0.2, 0) is 6.42 Å². The average molecular weight is 373 g/mol. The molecule has 4 aromatic rings. The molecule has 0 atom stereocenters. The summed E-state index contributed by atoms with van der Waals surface area (Å²) in [5, 5.41) is 1.04. The zero-order chi connectivity index (χ0) is 19.7. The Labute approximate surface area is 164 Å². The van der Waals surface area contributed by atoms with Gasteiger partial charge in [-0.2, -0.15) is 0 Å². The van der Waals surface area contributed by atoms with Crippen molar-refractivity contribution in [2.45, 2.75) is 26.7 Å². The Morgan fingerprint density at radius 2 is 1.89 bits per heavy atom. The number of benzene rings is 1. The molecule has 4 heteroatoms. The van der Waals surface area contributed by atoms with E-state index in [1.54, 1.807) is 7.11 Å². The zero-order valence-corrected chi connectivity index (χ0v) is 16.4. The van der Waals surface area contributed by atoms with Gasteiger partial charge < -0.3 is 13.6 Å². The summed E-state index contributed by atoms with van der Waals surface area (Å²) in [6.07, 6.45) is 3.49. The Hall–Kier alpha value is -3.27. The Bertz CT molecular complexity index is 1130. The van der Waals surface area contributed by atoms with Crippen LogP contribution in [0.4, 0.5) is 0 Å². The molecular formula is C24H23NO3. The Balaban J connectivity index is 1.85. The molecule has 0 N–H and O–H groups in total. The maximum absolute atomic E-state index is 6.20. The molecule has 0 saturated carbocycles. The van der Waals surface area contributed by atoms with E-state index in [4.69, 9.17) is 13.6 Å². The van der Waals surface area contributed by atoms with Crippen molar-refractivity contribution in [2.75, 3.05) is 7.11 Å². The summed E-state index contributed by atoms with van der Waals surface area (Å²) < 4.78 is 17.3. The van der Waals surface area contributed by atoms with Crippen LogP contribution in [0.3, 0.4) is 0 Å². The quantitative estimate of drug-likeness (QED) is 0.358. The topological polar surface area (TPSA) is 48.4 Å². The predicted octanol–water partition coefficient (Wildman–Crippen LogP) is 6.58. The van der Waals surface area contributed by atoms with Crippen molar-refractivity contribution in [3.05, 3.63) is 72.3 Å². The fourth-order valence-electron chi connectivity index (χ4n) is 3.34. The second-order valence-electron chi connectivity index (χ2n) is 7.07. The number of hydrogen-bond donors (Lipinski definition) is 0. The average Bonchev–Trinajstić information content (AvgIpc) is 3.28. The highest BCUT2D eigenvalue weighted by molar-refractivity contribution is 5.97. The van der Waals surface area contributed by atoms with Crippen LogP contribution in [0, 0.1) is 6.92 Å². The first-order chi connectivity index (χ1) is 13.5. The van der Waals surface area contributed by atoms with Gasteiger partial charge in [0.1, 0.15) is 22.9 Å². The number of hydrogen-bond acceptors (Lipinski definition) is 4. The van der Waals surface area contributed by atoms with Gasteiger partial charge in [0.2, 0.25) is 5.88 Å². The summed E-state index contributed by atoms with van der Waals surface area (Å²) >= 11 is 0. The number of aromatic nitrogens is 1. The highest BCUT2D eigenvalue weighted by Gasteiger charge is 2.19. The van der Waals surface area contributed by atoms with Crippen molar-refractivity contribution >= 4 is 11.0 Å². The molecular weight excluding hydrogens is 350 g/mol. The molecule has 0 bridgehead atoms. The molecule has 0 aliphatic rings. The second-order valence-corrected chi connectivity index (χ2v) is 7.07. The van der Waals surface area contributed by atoms with Crippen LogP contribution >= 0.6 is 0 Å². The molecule has 0 saturated heterocycles. The molecule has 28 heavy (non-hydrogen) atoms. The van der Waals surface area contributed by atoms with E-state index < -0.39 is 0 Å². The van der Waals surface area contributed by atoms with Gasteiger partial charge in [0.25, 0.3) is 0 Å². The van der Waals surface area contributed by atoms with Crippen molar-refractivity contribution in [1.29, 1.82) is 0 Å². The van der Waals surface area contributed by atoms with Gasteiger partial charge in [-0.3, -0.25) is 0 Å². The van der Waals surface area contributed by atoms with Crippen LogP contribution in [0.15, 0.2) is 69.6 Å². The smallest absolute Gasteiger partial charge is 0.212 e. The van der Waals surface area contributed by atoms with E-state index in [0.29, 0.717) is 5.88 Å². The highest BCUT2D eigenvalue weighted by atomic mass is 16.5. The molecule has 0 radical (unpaired) electrons. The van der Waals surface area contributed by atoms with Crippen LogP contribution in [0.2, 0.25) is 0 Å². The van der Waals surface area contributed by atoms with Gasteiger partial charge in [-0.1, -0.05) is 11.6 Å². The Morgan fingerprint density at radius 3 is 2.54 bits per heavy atom. The monoisotopic (exact) mass is 373 g/mol. The van der Waals surface area contributed by atoms with E-state index in [1.165, 1.54) is 0 Å². The number of rotatable bonds is 6. The summed E-state index contributed by atoms with van der Waals surface area (Å²) in [5.41, 5.74) is 5.10. The summed E-state index contributed by atoms with van der Waals surface area (Å²) in [5.74, 6) is 3.24. The minimum Gasteiger partial charge on any atom is -0.481 e. The minimum absolute atomic E-state index is 0.599. The molecule has 0 aliphatic carbocycles. The van der Waals surface area contributed by atoms with Gasteiger partial charge in [-0.05, 0) is 56.2 Å². The van der Waals surface area contributed by atoms with Crippen molar-refractivity contribution in [2.24, 2.45) is 0 Å². The maximum Gasteiger partial charge on any atom is 0.212 e. The largest absolute Gasteiger partial charge is 0.481 e. The number of aryl methyl sites for hydroxylation is 2. The molecule has 4 rings (SSSR count). The van der Waals surface area contributed by atoms with E-state index in [2.05, 4.69) is 23.7 Å². The van der Waals surface area contributed by atoms with Crippen molar-refractivity contribution in [3.63, 3.8) is 0 Å². The predicted molar refractivity (Wildman–Crippen MR) is 112 cm³/mol. The van der Waals surface area contributed by atoms with Crippen LogP contribution in [0.1, 0.15) is 24.9 Å². The summed E-state index contributed by atoms with van der Waals surface area (Å²) in [6.45, 7) is 8.00. The molecule has 0 aliphatic heterocycles. The van der Waals surface area contributed by atoms with Crippen LogP contribution in [0.25, 0.3) is 33.4 Å². The number of ether oxygens (including phenoxy) is 1. The lowest BCUT2D eigenvalue weighted by Crippen LogP contribution is -1.87. The number of nitrogens with zero attached hydrogens (tertiary/aromatic N) is 1. The number of furan rings is 2. The first kappa shape index (κ1) is 18.1. The zero-order valence-electron chi connectivity index (χ0n) is 16.4. The Kier molecular flexibility index (Phi) is 4.78. The first-order valence-electron chi connectivity index (χ1n) is 9.32. The number of fused-ring (bicyclic) bond motifs is 1. The van der Waals surface area contributed by atoms with Crippen molar-refractivity contribution in [3.8, 4) is 28.3 Å². The van der Waals surface area contributed by atoms with Crippen molar-refractivity contribution in [1.82, 2.24) is 4.98 Å². The maximum atomic E-state index is 6.20. The molecule has 0 spiro atoms. The normalized spacial score (nSPS) is 11.1. The van der Waals surface area contributed by atoms with Crippen LogP contribution < -0.4 is 4.74 Å². The number of pyridine rings is 1. The molecule has 0 unspecified atom stereocenters. The van der Waals surface area contributed by atoms with Crippen LogP contribution in [0.5, 0.6) is 5.88 Å². The number of allylic oxidation sites excluding steroid dienone is 1. The van der Waals surface area contributed by atoms with E-state index >= 15 is 0 Å². The van der Waals surface area contributed by atoms with E-state index in [0.717, 1.165) is 63.4 Å². The summed E-state index contributed by atoms with van der Waals surface area (Å²) in [7, 11) is 1.61. The Morgan fingerprint density at radius 1 is 1.07 bits per heavy atom. The third-order valence-corrected chi connectivity index (χ3v) is 4.81. The van der Waals surface area contributed by atoms with Gasteiger partial charge in [0, 0.05) is 29.6 Å². The minimum atomic E-state index is 0.599. The lowest BCUT2D eigenvalue weighted by Gasteiger charge is -2.04. The van der Waals surface area contributed by atoms with Gasteiger partial charge in [-0.25, -0.2) is 4.98 Å². The van der Waals surface area contributed by atoms with Gasteiger partial charge in [0.15, 0.2) is 0 Å².